The molecule has 0 spiro atoms. The normalized spacial score (nSPS) is 18.9. The smallest absolute Gasteiger partial charge is 0.125 e. The van der Waals surface area contributed by atoms with Crippen molar-refractivity contribution in [2.24, 2.45) is 10.9 Å². The summed E-state index contributed by atoms with van der Waals surface area (Å²) in [7, 11) is 0. The summed E-state index contributed by atoms with van der Waals surface area (Å²) in [4.78, 5) is 8.19. The molecule has 0 saturated heterocycles. The van der Waals surface area contributed by atoms with Crippen LogP contribution in [0.2, 0.25) is 0 Å². The predicted octanol–water partition coefficient (Wildman–Crippen LogP) is 2.16. The second kappa shape index (κ2) is 5.80. The molecule has 4 nitrogen and oxygen atoms in total. The molecule has 1 aliphatic rings. The molecule has 90 valence electrons. The van der Waals surface area contributed by atoms with Crippen LogP contribution in [-0.4, -0.2) is 22.8 Å². The lowest BCUT2D eigenvalue weighted by Crippen LogP contribution is -2.17. The summed E-state index contributed by atoms with van der Waals surface area (Å²) >= 11 is 6.05. The second-order valence-corrected chi connectivity index (χ2v) is 4.31. The van der Waals surface area contributed by atoms with Crippen molar-refractivity contribution < 1.29 is 5.11 Å². The highest BCUT2D eigenvalue weighted by Gasteiger charge is 2.13. The van der Waals surface area contributed by atoms with Gasteiger partial charge >= 0.3 is 0 Å². The third-order valence-corrected chi connectivity index (χ3v) is 3.03. The van der Waals surface area contributed by atoms with E-state index in [0.717, 1.165) is 29.4 Å². The van der Waals surface area contributed by atoms with Crippen LogP contribution < -0.4 is 5.32 Å². The number of halogens is 1. The first kappa shape index (κ1) is 12.1. The van der Waals surface area contributed by atoms with Gasteiger partial charge in [-0.15, -0.1) is 0 Å². The standard InChI is InChI=1S/C12H14ClN3O/c13-11-7-14-4-3-10(11)6-16-12-2-1-9(8-17)5-15-12/h1-2,4-5,7,10,17H,3,6,8H2,(H,15,16). The molecule has 1 atom stereocenters. The van der Waals surface area contributed by atoms with Gasteiger partial charge in [0.2, 0.25) is 0 Å². The number of pyridine rings is 1. The van der Waals surface area contributed by atoms with Crippen molar-refractivity contribution in [1.82, 2.24) is 4.98 Å². The molecule has 2 rings (SSSR count). The highest BCUT2D eigenvalue weighted by Crippen LogP contribution is 2.22. The lowest BCUT2D eigenvalue weighted by Gasteiger charge is -2.17. The molecule has 1 aliphatic heterocycles. The molecule has 1 aromatic rings. The van der Waals surface area contributed by atoms with Gasteiger partial charge in [0.05, 0.1) is 6.61 Å². The molecule has 0 aliphatic carbocycles. The van der Waals surface area contributed by atoms with E-state index in [9.17, 15) is 0 Å². The number of anilines is 1. The van der Waals surface area contributed by atoms with E-state index in [1.807, 2.05) is 18.3 Å². The summed E-state index contributed by atoms with van der Waals surface area (Å²) in [6.45, 7) is 0.744. The van der Waals surface area contributed by atoms with Gasteiger partial charge < -0.3 is 10.4 Å². The lowest BCUT2D eigenvalue weighted by molar-refractivity contribution is 0.281. The van der Waals surface area contributed by atoms with Crippen molar-refractivity contribution in [3.63, 3.8) is 0 Å². The van der Waals surface area contributed by atoms with Crippen LogP contribution in [0.4, 0.5) is 5.82 Å². The fourth-order valence-corrected chi connectivity index (χ4v) is 1.78. The summed E-state index contributed by atoms with van der Waals surface area (Å²) in [5.41, 5.74) is 0.804. The van der Waals surface area contributed by atoms with Gasteiger partial charge in [-0.2, -0.15) is 0 Å². The monoisotopic (exact) mass is 251 g/mol. The van der Waals surface area contributed by atoms with Gasteiger partial charge in [-0.3, -0.25) is 4.99 Å². The summed E-state index contributed by atoms with van der Waals surface area (Å²) < 4.78 is 0. The molecule has 17 heavy (non-hydrogen) atoms. The van der Waals surface area contributed by atoms with Crippen LogP contribution in [0.25, 0.3) is 0 Å². The van der Waals surface area contributed by atoms with Crippen molar-refractivity contribution in [2.45, 2.75) is 13.0 Å². The van der Waals surface area contributed by atoms with E-state index in [0.29, 0.717) is 0 Å². The molecule has 5 heteroatoms. The summed E-state index contributed by atoms with van der Waals surface area (Å²) in [5.74, 6) is 1.04. The molecule has 1 aromatic heterocycles. The third kappa shape index (κ3) is 3.28. The minimum Gasteiger partial charge on any atom is -0.392 e. The van der Waals surface area contributed by atoms with Crippen LogP contribution in [0.5, 0.6) is 0 Å². The maximum atomic E-state index is 8.90. The Balaban J connectivity index is 1.89. The SMILES string of the molecule is OCc1ccc(NCC2CC=NC=C2Cl)nc1. The Bertz CT molecular complexity index is 428. The molecular formula is C12H14ClN3O. The third-order valence-electron chi connectivity index (χ3n) is 2.62. The maximum Gasteiger partial charge on any atom is 0.125 e. The van der Waals surface area contributed by atoms with E-state index in [-0.39, 0.29) is 12.5 Å². The van der Waals surface area contributed by atoms with Gasteiger partial charge in [-0.05, 0) is 18.1 Å². The maximum absolute atomic E-state index is 8.90. The summed E-state index contributed by atoms with van der Waals surface area (Å²) in [5, 5.41) is 12.9. The first-order valence-electron chi connectivity index (χ1n) is 5.46. The van der Waals surface area contributed by atoms with E-state index in [4.69, 9.17) is 16.7 Å². The Hall–Kier alpha value is -1.39. The zero-order valence-electron chi connectivity index (χ0n) is 9.31. The number of aliphatic hydroxyl groups is 1. The van der Waals surface area contributed by atoms with Crippen LogP contribution in [0.3, 0.4) is 0 Å². The average Bonchev–Trinajstić information content (AvgIpc) is 2.38. The van der Waals surface area contributed by atoms with Crippen molar-refractivity contribution in [2.75, 3.05) is 11.9 Å². The van der Waals surface area contributed by atoms with Gasteiger partial charge in [-0.1, -0.05) is 17.7 Å². The molecule has 0 amide bonds. The van der Waals surface area contributed by atoms with Crippen LogP contribution >= 0.6 is 11.6 Å². The van der Waals surface area contributed by atoms with Crippen LogP contribution in [0.1, 0.15) is 12.0 Å². The highest BCUT2D eigenvalue weighted by atomic mass is 35.5. The predicted molar refractivity (Wildman–Crippen MR) is 69.2 cm³/mol. The van der Waals surface area contributed by atoms with Gasteiger partial charge in [-0.25, -0.2) is 4.98 Å². The first-order valence-corrected chi connectivity index (χ1v) is 5.84. The summed E-state index contributed by atoms with van der Waals surface area (Å²) in [6, 6.07) is 3.69. The number of aliphatic imine (C=N–C) groups is 1. The first-order chi connectivity index (χ1) is 8.29. The molecule has 0 aromatic carbocycles. The minimum absolute atomic E-state index is 0.0148. The Kier molecular flexibility index (Phi) is 4.12. The largest absolute Gasteiger partial charge is 0.392 e. The van der Waals surface area contributed by atoms with E-state index < -0.39 is 0 Å². The molecule has 0 bridgehead atoms. The Morgan fingerprint density at radius 2 is 2.35 bits per heavy atom. The second-order valence-electron chi connectivity index (χ2n) is 3.87. The van der Waals surface area contributed by atoms with Gasteiger partial charge in [0.15, 0.2) is 0 Å². The zero-order valence-corrected chi connectivity index (χ0v) is 10.1. The number of hydrogen-bond acceptors (Lipinski definition) is 4. The molecule has 1 unspecified atom stereocenters. The van der Waals surface area contributed by atoms with Gasteiger partial charge in [0, 0.05) is 36.1 Å². The van der Waals surface area contributed by atoms with Crippen molar-refractivity contribution in [3.8, 4) is 0 Å². The fourth-order valence-electron chi connectivity index (χ4n) is 1.56. The zero-order chi connectivity index (χ0) is 12.1. The van der Waals surface area contributed by atoms with Crippen molar-refractivity contribution in [3.05, 3.63) is 35.1 Å². The molecule has 2 N–H and O–H groups in total. The van der Waals surface area contributed by atoms with Crippen LogP contribution in [-0.2, 0) is 6.61 Å². The van der Waals surface area contributed by atoms with Crippen molar-refractivity contribution in [1.29, 1.82) is 0 Å². The van der Waals surface area contributed by atoms with Crippen LogP contribution in [0.15, 0.2) is 34.6 Å². The molecular weight excluding hydrogens is 238 g/mol. The Labute approximate surface area is 105 Å². The van der Waals surface area contributed by atoms with Gasteiger partial charge in [0.1, 0.15) is 5.82 Å². The molecule has 0 radical (unpaired) electrons. The van der Waals surface area contributed by atoms with Crippen LogP contribution in [0, 0.1) is 5.92 Å². The van der Waals surface area contributed by atoms with E-state index in [1.165, 1.54) is 0 Å². The molecule has 0 saturated carbocycles. The number of nitrogens with zero attached hydrogens (tertiary/aromatic N) is 2. The lowest BCUT2D eigenvalue weighted by atomic mass is 10.0. The average molecular weight is 252 g/mol. The van der Waals surface area contributed by atoms with E-state index in [1.54, 1.807) is 12.4 Å². The highest BCUT2D eigenvalue weighted by molar-refractivity contribution is 6.30. The Morgan fingerprint density at radius 1 is 1.47 bits per heavy atom. The quantitative estimate of drug-likeness (QED) is 0.862. The van der Waals surface area contributed by atoms with Crippen molar-refractivity contribution >= 4 is 23.6 Å². The molecule has 0 fully saturated rings. The fraction of sp³-hybridized carbons (Fsp3) is 0.333. The minimum atomic E-state index is 0.0148. The van der Waals surface area contributed by atoms with Gasteiger partial charge in [0.25, 0.3) is 0 Å². The number of nitrogens with one attached hydrogen (secondary N) is 1. The van der Waals surface area contributed by atoms with E-state index >= 15 is 0 Å². The Morgan fingerprint density at radius 3 is 3.00 bits per heavy atom. The topological polar surface area (TPSA) is 57.5 Å². The number of aliphatic hydroxyl groups excluding tert-OH is 1. The number of aromatic nitrogens is 1. The number of hydrogen-bond donors (Lipinski definition) is 2. The number of rotatable bonds is 4. The van der Waals surface area contributed by atoms with E-state index in [2.05, 4.69) is 15.3 Å². The summed E-state index contributed by atoms with van der Waals surface area (Å²) in [6.07, 6.45) is 6.04. The molecule has 2 heterocycles.